The maximum atomic E-state index is 12.1. The molecule has 1 fully saturated rings. The molecule has 9 heteroatoms. The van der Waals surface area contributed by atoms with Crippen molar-refractivity contribution in [1.82, 2.24) is 25.0 Å². The third kappa shape index (κ3) is 3.78. The number of likely N-dealkylation sites (tertiary alicyclic amines) is 1. The van der Waals surface area contributed by atoms with E-state index in [-0.39, 0.29) is 11.8 Å². The van der Waals surface area contributed by atoms with E-state index in [9.17, 15) is 4.79 Å². The van der Waals surface area contributed by atoms with E-state index in [1.807, 2.05) is 29.2 Å². The molecule has 1 aliphatic rings. The highest BCUT2D eigenvalue weighted by Gasteiger charge is 2.33. The number of halogens is 1. The molecule has 1 N–H and O–H groups in total. The first-order chi connectivity index (χ1) is 12.7. The summed E-state index contributed by atoms with van der Waals surface area (Å²) in [6.45, 7) is 1.74. The quantitative estimate of drug-likeness (QED) is 0.683. The summed E-state index contributed by atoms with van der Waals surface area (Å²) >= 11 is 3.37. The van der Waals surface area contributed by atoms with Gasteiger partial charge < -0.3 is 9.84 Å². The SMILES string of the molecule is O=C(CN1CC(c2nc(-c3cnccn3)no2)C1)Nc1ccc(Br)cc1. The number of nitrogens with zero attached hydrogens (tertiary/aromatic N) is 5. The smallest absolute Gasteiger partial charge is 0.238 e. The van der Waals surface area contributed by atoms with Crippen LogP contribution in [-0.4, -0.2) is 50.5 Å². The molecule has 0 bridgehead atoms. The number of hydrogen-bond donors (Lipinski definition) is 1. The van der Waals surface area contributed by atoms with Crippen LogP contribution in [0.2, 0.25) is 0 Å². The number of carbonyl (C=O) groups is 1. The van der Waals surface area contributed by atoms with Crippen LogP contribution in [0.5, 0.6) is 0 Å². The molecule has 0 unspecified atom stereocenters. The Labute approximate surface area is 157 Å². The molecule has 2 aromatic heterocycles. The van der Waals surface area contributed by atoms with Crippen LogP contribution in [0.1, 0.15) is 11.8 Å². The number of carbonyl (C=O) groups excluding carboxylic acids is 1. The predicted octanol–water partition coefficient (Wildman–Crippen LogP) is 2.33. The summed E-state index contributed by atoms with van der Waals surface area (Å²) in [6, 6.07) is 7.49. The average Bonchev–Trinajstić information content (AvgIpc) is 3.10. The minimum Gasteiger partial charge on any atom is -0.339 e. The fourth-order valence-electron chi connectivity index (χ4n) is 2.71. The number of benzene rings is 1. The second-order valence-corrected chi connectivity index (χ2v) is 6.91. The van der Waals surface area contributed by atoms with Gasteiger partial charge in [-0.1, -0.05) is 21.1 Å². The number of anilines is 1. The fraction of sp³-hybridized carbons (Fsp3) is 0.235. The lowest BCUT2D eigenvalue weighted by atomic mass is 10.0. The largest absolute Gasteiger partial charge is 0.339 e. The van der Waals surface area contributed by atoms with Gasteiger partial charge in [0.15, 0.2) is 0 Å². The summed E-state index contributed by atoms with van der Waals surface area (Å²) in [5.74, 6) is 1.08. The van der Waals surface area contributed by atoms with Gasteiger partial charge in [0.05, 0.1) is 18.7 Å². The summed E-state index contributed by atoms with van der Waals surface area (Å²) in [5.41, 5.74) is 1.35. The molecule has 26 heavy (non-hydrogen) atoms. The number of amides is 1. The first-order valence-corrected chi connectivity index (χ1v) is 8.84. The summed E-state index contributed by atoms with van der Waals surface area (Å²) in [4.78, 5) is 26.7. The molecule has 0 atom stereocenters. The van der Waals surface area contributed by atoms with E-state index in [1.54, 1.807) is 18.6 Å². The number of aromatic nitrogens is 4. The molecule has 4 rings (SSSR count). The Kier molecular flexibility index (Phi) is 4.72. The van der Waals surface area contributed by atoms with Crippen LogP contribution in [0, 0.1) is 0 Å². The summed E-state index contributed by atoms with van der Waals surface area (Å²) in [6.07, 6.45) is 4.77. The second-order valence-electron chi connectivity index (χ2n) is 5.99. The van der Waals surface area contributed by atoms with Crippen molar-refractivity contribution in [2.45, 2.75) is 5.92 Å². The van der Waals surface area contributed by atoms with Crippen molar-refractivity contribution >= 4 is 27.5 Å². The Balaban J connectivity index is 1.28. The molecule has 1 aromatic carbocycles. The molecular weight excluding hydrogens is 400 g/mol. The van der Waals surface area contributed by atoms with Gasteiger partial charge in [-0.3, -0.25) is 14.7 Å². The van der Waals surface area contributed by atoms with Crippen molar-refractivity contribution in [3.05, 3.63) is 53.2 Å². The Bertz CT molecular complexity index is 893. The van der Waals surface area contributed by atoms with Gasteiger partial charge in [0.2, 0.25) is 17.6 Å². The number of rotatable bonds is 5. The highest BCUT2D eigenvalue weighted by Crippen LogP contribution is 2.26. The van der Waals surface area contributed by atoms with E-state index in [2.05, 4.69) is 41.4 Å². The van der Waals surface area contributed by atoms with Gasteiger partial charge in [-0.25, -0.2) is 4.98 Å². The second kappa shape index (κ2) is 7.30. The van der Waals surface area contributed by atoms with Gasteiger partial charge in [-0.15, -0.1) is 0 Å². The number of hydrogen-bond acceptors (Lipinski definition) is 7. The maximum Gasteiger partial charge on any atom is 0.238 e. The van der Waals surface area contributed by atoms with Gasteiger partial charge in [0.1, 0.15) is 5.69 Å². The standard InChI is InChI=1S/C17H15BrN6O2/c18-12-1-3-13(4-2-12)21-15(25)10-24-8-11(9-24)17-22-16(23-26-17)14-7-19-5-6-20-14/h1-7,11H,8-10H2,(H,21,25). The van der Waals surface area contributed by atoms with Crippen LogP contribution >= 0.6 is 15.9 Å². The van der Waals surface area contributed by atoms with Gasteiger partial charge in [0, 0.05) is 35.6 Å². The van der Waals surface area contributed by atoms with E-state index >= 15 is 0 Å². The first kappa shape index (κ1) is 16.8. The monoisotopic (exact) mass is 414 g/mol. The van der Waals surface area contributed by atoms with Crippen molar-refractivity contribution < 1.29 is 9.32 Å². The predicted molar refractivity (Wildman–Crippen MR) is 97.3 cm³/mol. The molecular formula is C17H15BrN6O2. The minimum atomic E-state index is -0.0449. The van der Waals surface area contributed by atoms with Gasteiger partial charge >= 0.3 is 0 Å². The summed E-state index contributed by atoms with van der Waals surface area (Å²) in [5, 5.41) is 6.83. The molecule has 1 aliphatic heterocycles. The molecule has 0 aliphatic carbocycles. The van der Waals surface area contributed by atoms with Crippen molar-refractivity contribution in [3.8, 4) is 11.5 Å². The van der Waals surface area contributed by atoms with Crippen LogP contribution in [0.4, 0.5) is 5.69 Å². The molecule has 8 nitrogen and oxygen atoms in total. The van der Waals surface area contributed by atoms with E-state index in [0.29, 0.717) is 37.0 Å². The van der Waals surface area contributed by atoms with Gasteiger partial charge in [-0.2, -0.15) is 4.98 Å². The van der Waals surface area contributed by atoms with Crippen molar-refractivity contribution in [2.24, 2.45) is 0 Å². The molecule has 3 aromatic rings. The minimum absolute atomic E-state index is 0.0449. The van der Waals surface area contributed by atoms with Crippen molar-refractivity contribution in [3.63, 3.8) is 0 Å². The zero-order valence-electron chi connectivity index (χ0n) is 13.7. The van der Waals surface area contributed by atoms with Crippen LogP contribution in [0.15, 0.2) is 51.9 Å². The molecule has 132 valence electrons. The van der Waals surface area contributed by atoms with Crippen LogP contribution < -0.4 is 5.32 Å². The van der Waals surface area contributed by atoms with E-state index in [0.717, 1.165) is 10.2 Å². The van der Waals surface area contributed by atoms with Crippen LogP contribution in [0.3, 0.4) is 0 Å². The maximum absolute atomic E-state index is 12.1. The average molecular weight is 415 g/mol. The number of nitrogens with one attached hydrogen (secondary N) is 1. The van der Waals surface area contributed by atoms with Crippen molar-refractivity contribution in [1.29, 1.82) is 0 Å². The Morgan fingerprint density at radius 3 is 2.81 bits per heavy atom. The molecule has 0 saturated carbocycles. The van der Waals surface area contributed by atoms with E-state index < -0.39 is 0 Å². The molecule has 1 saturated heterocycles. The zero-order chi connectivity index (χ0) is 17.9. The lowest BCUT2D eigenvalue weighted by molar-refractivity contribution is -0.118. The normalized spacial score (nSPS) is 14.8. The lowest BCUT2D eigenvalue weighted by Gasteiger charge is -2.36. The molecule has 0 spiro atoms. The molecule has 3 heterocycles. The zero-order valence-corrected chi connectivity index (χ0v) is 15.3. The van der Waals surface area contributed by atoms with Gasteiger partial charge in [-0.05, 0) is 24.3 Å². The lowest BCUT2D eigenvalue weighted by Crippen LogP contribution is -2.48. The Morgan fingerprint density at radius 2 is 2.08 bits per heavy atom. The Morgan fingerprint density at radius 1 is 1.27 bits per heavy atom. The summed E-state index contributed by atoms with van der Waals surface area (Å²) in [7, 11) is 0. The van der Waals surface area contributed by atoms with Crippen LogP contribution in [-0.2, 0) is 4.79 Å². The van der Waals surface area contributed by atoms with Crippen molar-refractivity contribution in [2.75, 3.05) is 25.0 Å². The van der Waals surface area contributed by atoms with Crippen LogP contribution in [0.25, 0.3) is 11.5 Å². The molecule has 0 radical (unpaired) electrons. The summed E-state index contributed by atoms with van der Waals surface area (Å²) < 4.78 is 6.30. The third-order valence-electron chi connectivity index (χ3n) is 4.04. The third-order valence-corrected chi connectivity index (χ3v) is 4.56. The molecule has 1 amide bonds. The fourth-order valence-corrected chi connectivity index (χ4v) is 2.98. The highest BCUT2D eigenvalue weighted by atomic mass is 79.9. The Hall–Kier alpha value is -2.65. The van der Waals surface area contributed by atoms with E-state index in [1.165, 1.54) is 0 Å². The topological polar surface area (TPSA) is 97.0 Å². The van der Waals surface area contributed by atoms with Gasteiger partial charge in [0.25, 0.3) is 0 Å². The highest BCUT2D eigenvalue weighted by molar-refractivity contribution is 9.10. The van der Waals surface area contributed by atoms with E-state index in [4.69, 9.17) is 4.52 Å². The first-order valence-electron chi connectivity index (χ1n) is 8.05.